The normalized spacial score (nSPS) is 10.9. The fraction of sp³-hybridized carbons (Fsp3) is 0. The van der Waals surface area contributed by atoms with Crippen molar-refractivity contribution in [1.29, 1.82) is 0 Å². The van der Waals surface area contributed by atoms with Gasteiger partial charge in [0.25, 0.3) is 0 Å². The Kier molecular flexibility index (Phi) is 3.05. The van der Waals surface area contributed by atoms with Gasteiger partial charge in [0, 0.05) is 0 Å². The van der Waals surface area contributed by atoms with Gasteiger partial charge in [-0.05, 0) is 23.3 Å². The Hall–Kier alpha value is -2.79. The molecule has 22 heavy (non-hydrogen) atoms. The maximum atomic E-state index is 5.22. The number of benzene rings is 2. The molecule has 4 rings (SSSR count). The summed E-state index contributed by atoms with van der Waals surface area (Å²) in [6.45, 7) is 0. The molecule has 0 unspecified atom stereocenters. The van der Waals surface area contributed by atoms with E-state index in [4.69, 9.17) is 12.2 Å². The Morgan fingerprint density at radius 1 is 0.909 bits per heavy atom. The molecule has 2 aromatic carbocycles. The minimum Gasteiger partial charge on any atom is -0.330 e. The fourth-order valence-electron chi connectivity index (χ4n) is 2.49. The summed E-state index contributed by atoms with van der Waals surface area (Å²) in [5.74, 6) is 0. The molecule has 106 valence electrons. The summed E-state index contributed by atoms with van der Waals surface area (Å²) < 4.78 is 2.39. The molecule has 5 heteroatoms. The molecule has 0 bridgehead atoms. The molecular weight excluding hydrogens is 292 g/mol. The highest BCUT2D eigenvalue weighted by Gasteiger charge is 2.07. The lowest BCUT2D eigenvalue weighted by molar-refractivity contribution is 0.895. The van der Waals surface area contributed by atoms with E-state index >= 15 is 0 Å². The van der Waals surface area contributed by atoms with Crippen LogP contribution in [0.25, 0.3) is 27.8 Å². The molecule has 1 N–H and O–H groups in total. The van der Waals surface area contributed by atoms with Gasteiger partial charge in [0.05, 0.1) is 23.6 Å². The van der Waals surface area contributed by atoms with E-state index in [1.165, 1.54) is 11.1 Å². The van der Waals surface area contributed by atoms with E-state index in [0.29, 0.717) is 4.64 Å². The average Bonchev–Trinajstić information content (AvgIpc) is 3.01. The zero-order valence-corrected chi connectivity index (χ0v) is 12.4. The maximum absolute atomic E-state index is 5.22. The van der Waals surface area contributed by atoms with Gasteiger partial charge in [-0.15, -0.1) is 0 Å². The van der Waals surface area contributed by atoms with Crippen LogP contribution in [0.5, 0.6) is 0 Å². The number of nitrogens with zero attached hydrogens (tertiary/aromatic N) is 3. The van der Waals surface area contributed by atoms with Crippen molar-refractivity contribution >= 4 is 23.3 Å². The number of aromatic amines is 1. The van der Waals surface area contributed by atoms with Crippen molar-refractivity contribution in [3.05, 3.63) is 71.8 Å². The number of hydrogen-bond donors (Lipinski definition) is 1. The van der Waals surface area contributed by atoms with Gasteiger partial charge in [-0.1, -0.05) is 54.7 Å². The molecule has 0 saturated heterocycles. The van der Waals surface area contributed by atoms with E-state index in [-0.39, 0.29) is 0 Å². The molecule has 0 aliphatic carbocycles. The van der Waals surface area contributed by atoms with Crippen molar-refractivity contribution in [2.75, 3.05) is 0 Å². The van der Waals surface area contributed by atoms with E-state index in [1.54, 1.807) is 12.5 Å². The summed E-state index contributed by atoms with van der Waals surface area (Å²) in [5, 5.41) is 5.26. The van der Waals surface area contributed by atoms with Crippen LogP contribution < -0.4 is 0 Å². The molecule has 0 radical (unpaired) electrons. The van der Waals surface area contributed by atoms with Crippen LogP contribution in [0.4, 0.5) is 0 Å². The summed E-state index contributed by atoms with van der Waals surface area (Å²) >= 11 is 5.22. The van der Waals surface area contributed by atoms with Crippen LogP contribution in [0.1, 0.15) is 0 Å². The van der Waals surface area contributed by atoms with Crippen molar-refractivity contribution in [3.63, 3.8) is 0 Å². The van der Waals surface area contributed by atoms with Gasteiger partial charge in [-0.2, -0.15) is 5.10 Å². The molecule has 0 amide bonds. The Morgan fingerprint density at radius 2 is 1.64 bits per heavy atom. The molecule has 0 saturated carbocycles. The quantitative estimate of drug-likeness (QED) is 0.566. The first kappa shape index (κ1) is 12.9. The van der Waals surface area contributed by atoms with E-state index in [9.17, 15) is 0 Å². The van der Waals surface area contributed by atoms with Crippen LogP contribution in [0.3, 0.4) is 0 Å². The van der Waals surface area contributed by atoms with E-state index in [0.717, 1.165) is 16.7 Å². The summed E-state index contributed by atoms with van der Waals surface area (Å²) in [5.41, 5.74) is 4.21. The zero-order valence-electron chi connectivity index (χ0n) is 11.6. The van der Waals surface area contributed by atoms with Gasteiger partial charge in [-0.25, -0.2) is 9.67 Å². The topological polar surface area (TPSA) is 46.5 Å². The van der Waals surface area contributed by atoms with Crippen LogP contribution in [0, 0.1) is 4.64 Å². The van der Waals surface area contributed by atoms with Crippen LogP contribution in [-0.4, -0.2) is 19.7 Å². The first-order chi connectivity index (χ1) is 10.8. The van der Waals surface area contributed by atoms with Gasteiger partial charge in [0.2, 0.25) is 0 Å². The lowest BCUT2D eigenvalue weighted by atomic mass is 10.1. The Morgan fingerprint density at radius 3 is 2.41 bits per heavy atom. The monoisotopic (exact) mass is 304 g/mol. The van der Waals surface area contributed by atoms with Crippen LogP contribution in [0.15, 0.2) is 67.1 Å². The Bertz CT molecular complexity index is 985. The second kappa shape index (κ2) is 5.20. The smallest absolute Gasteiger partial charge is 0.145 e. The highest BCUT2D eigenvalue weighted by atomic mass is 32.1. The number of fused-ring (bicyclic) bond motifs is 1. The average molecular weight is 304 g/mol. The van der Waals surface area contributed by atoms with Crippen molar-refractivity contribution in [2.24, 2.45) is 0 Å². The summed E-state index contributed by atoms with van der Waals surface area (Å²) in [4.78, 5) is 7.18. The third kappa shape index (κ3) is 2.12. The molecule has 4 aromatic rings. The fourth-order valence-corrected chi connectivity index (χ4v) is 2.69. The maximum Gasteiger partial charge on any atom is 0.145 e. The largest absolute Gasteiger partial charge is 0.330 e. The second-order valence-corrected chi connectivity index (χ2v) is 5.33. The van der Waals surface area contributed by atoms with Crippen molar-refractivity contribution < 1.29 is 0 Å². The van der Waals surface area contributed by atoms with Gasteiger partial charge in [0.1, 0.15) is 10.3 Å². The molecule has 0 aliphatic heterocycles. The predicted octanol–water partition coefficient (Wildman–Crippen LogP) is 4.15. The highest BCUT2D eigenvalue weighted by Crippen LogP contribution is 2.22. The molecule has 2 heterocycles. The summed E-state index contributed by atoms with van der Waals surface area (Å²) in [6.07, 6.45) is 3.34. The van der Waals surface area contributed by atoms with E-state index in [1.807, 2.05) is 35.0 Å². The standard InChI is InChI=1S/C17H12N4S/c22-17-15-10-20-21(16(15)18-11-19-17)14-8-6-13(7-9-14)12-4-2-1-3-5-12/h1-11H,(H,18,19,22). The lowest BCUT2D eigenvalue weighted by Crippen LogP contribution is -1.97. The number of aromatic nitrogens is 4. The Labute approximate surface area is 132 Å². The molecule has 0 fully saturated rings. The number of nitrogens with one attached hydrogen (secondary N) is 1. The molecule has 0 atom stereocenters. The van der Waals surface area contributed by atoms with Gasteiger partial charge < -0.3 is 4.98 Å². The first-order valence-electron chi connectivity index (χ1n) is 6.90. The van der Waals surface area contributed by atoms with Crippen LogP contribution >= 0.6 is 12.2 Å². The number of H-pyrrole nitrogens is 1. The highest BCUT2D eigenvalue weighted by molar-refractivity contribution is 7.71. The minimum absolute atomic E-state index is 0.556. The van der Waals surface area contributed by atoms with E-state index < -0.39 is 0 Å². The molecule has 4 nitrogen and oxygen atoms in total. The number of rotatable bonds is 2. The molecule has 0 spiro atoms. The van der Waals surface area contributed by atoms with E-state index in [2.05, 4.69) is 39.3 Å². The summed E-state index contributed by atoms with van der Waals surface area (Å²) in [6, 6.07) is 18.6. The first-order valence-corrected chi connectivity index (χ1v) is 7.31. The minimum atomic E-state index is 0.556. The lowest BCUT2D eigenvalue weighted by Gasteiger charge is -2.06. The molecule has 2 aromatic heterocycles. The second-order valence-electron chi connectivity index (χ2n) is 4.94. The van der Waals surface area contributed by atoms with Gasteiger partial charge in [-0.3, -0.25) is 0 Å². The third-order valence-corrected chi connectivity index (χ3v) is 3.93. The zero-order chi connectivity index (χ0) is 14.9. The third-order valence-electron chi connectivity index (χ3n) is 3.60. The predicted molar refractivity (Wildman–Crippen MR) is 89.5 cm³/mol. The number of hydrogen-bond acceptors (Lipinski definition) is 3. The van der Waals surface area contributed by atoms with Crippen molar-refractivity contribution in [3.8, 4) is 16.8 Å². The summed E-state index contributed by atoms with van der Waals surface area (Å²) in [7, 11) is 0. The van der Waals surface area contributed by atoms with Crippen LogP contribution in [-0.2, 0) is 0 Å². The van der Waals surface area contributed by atoms with Gasteiger partial charge in [0.15, 0.2) is 0 Å². The molecule has 0 aliphatic rings. The van der Waals surface area contributed by atoms with Crippen molar-refractivity contribution in [1.82, 2.24) is 19.7 Å². The Balaban J connectivity index is 1.80. The van der Waals surface area contributed by atoms with Crippen LogP contribution in [0.2, 0.25) is 0 Å². The van der Waals surface area contributed by atoms with Crippen molar-refractivity contribution in [2.45, 2.75) is 0 Å². The molecular formula is C17H12N4S. The SMILES string of the molecule is S=c1nc[nH]c2c1cnn2-c1ccc(-c2ccccc2)cc1. The van der Waals surface area contributed by atoms with Gasteiger partial charge >= 0.3 is 0 Å².